The number of nitrogens with zero attached hydrogens (tertiary/aromatic N) is 1. The maximum atomic E-state index is 11.0. The fourth-order valence-corrected chi connectivity index (χ4v) is 2.09. The topological polar surface area (TPSA) is 68.0 Å². The first-order valence-corrected chi connectivity index (χ1v) is 6.72. The molecule has 0 aliphatic carbocycles. The lowest BCUT2D eigenvalue weighted by atomic mass is 10.1. The summed E-state index contributed by atoms with van der Waals surface area (Å²) in [5.41, 5.74) is 7.76. The Morgan fingerprint density at radius 2 is 2.20 bits per heavy atom. The van der Waals surface area contributed by atoms with E-state index in [1.54, 1.807) is 18.3 Å². The van der Waals surface area contributed by atoms with Gasteiger partial charge in [-0.3, -0.25) is 9.78 Å². The van der Waals surface area contributed by atoms with E-state index in [4.69, 9.17) is 17.3 Å². The lowest BCUT2D eigenvalue weighted by Crippen LogP contribution is -2.17. The van der Waals surface area contributed by atoms with Gasteiger partial charge in [0.2, 0.25) is 5.91 Å². The number of hydrogen-bond acceptors (Lipinski definition) is 3. The highest BCUT2D eigenvalue weighted by Gasteiger charge is 2.05. The van der Waals surface area contributed by atoms with Crippen molar-refractivity contribution in [3.63, 3.8) is 0 Å². The van der Waals surface area contributed by atoms with Crippen LogP contribution in [0.15, 0.2) is 42.7 Å². The van der Waals surface area contributed by atoms with E-state index in [1.807, 2.05) is 24.4 Å². The number of rotatable bonds is 6. The summed E-state index contributed by atoms with van der Waals surface area (Å²) >= 11 is 6.11. The molecule has 1 heterocycles. The van der Waals surface area contributed by atoms with Crippen LogP contribution in [0.1, 0.15) is 21.5 Å². The molecule has 1 amide bonds. The molecule has 0 fully saturated rings. The number of benzene rings is 1. The molecule has 2 aromatic rings. The van der Waals surface area contributed by atoms with Gasteiger partial charge in [0, 0.05) is 29.5 Å². The van der Waals surface area contributed by atoms with Gasteiger partial charge in [-0.1, -0.05) is 23.7 Å². The first-order chi connectivity index (χ1) is 9.66. The first kappa shape index (κ1) is 14.5. The van der Waals surface area contributed by atoms with Crippen LogP contribution in [-0.2, 0) is 13.0 Å². The number of hydrogen-bond donors (Lipinski definition) is 2. The molecule has 0 saturated heterocycles. The van der Waals surface area contributed by atoms with E-state index in [1.165, 1.54) is 5.56 Å². The monoisotopic (exact) mass is 289 g/mol. The highest BCUT2D eigenvalue weighted by atomic mass is 35.5. The third kappa shape index (κ3) is 4.05. The van der Waals surface area contributed by atoms with Crippen molar-refractivity contribution in [3.05, 3.63) is 64.4 Å². The molecule has 5 heteroatoms. The number of halogens is 1. The molecule has 0 bridgehead atoms. The highest BCUT2D eigenvalue weighted by molar-refractivity contribution is 6.31. The number of nitrogens with one attached hydrogen (secondary N) is 1. The summed E-state index contributed by atoms with van der Waals surface area (Å²) in [5, 5.41) is 3.86. The molecule has 1 aromatic carbocycles. The lowest BCUT2D eigenvalue weighted by Gasteiger charge is -2.07. The smallest absolute Gasteiger partial charge is 0.248 e. The summed E-state index contributed by atoms with van der Waals surface area (Å²) in [4.78, 5) is 15.1. The van der Waals surface area contributed by atoms with Gasteiger partial charge >= 0.3 is 0 Å². The van der Waals surface area contributed by atoms with Crippen molar-refractivity contribution in [3.8, 4) is 0 Å². The summed E-state index contributed by atoms with van der Waals surface area (Å²) < 4.78 is 0. The predicted octanol–water partition coefficient (Wildman–Crippen LogP) is 2.17. The Kier molecular flexibility index (Phi) is 5.09. The van der Waals surface area contributed by atoms with E-state index in [9.17, 15) is 4.79 Å². The van der Waals surface area contributed by atoms with Crippen LogP contribution in [-0.4, -0.2) is 17.4 Å². The van der Waals surface area contributed by atoms with Gasteiger partial charge in [0.25, 0.3) is 0 Å². The van der Waals surface area contributed by atoms with E-state index in [0.717, 1.165) is 18.5 Å². The van der Waals surface area contributed by atoms with E-state index in [2.05, 4.69) is 10.3 Å². The molecule has 0 aliphatic heterocycles. The van der Waals surface area contributed by atoms with Crippen LogP contribution >= 0.6 is 11.6 Å². The molecule has 3 N–H and O–H groups in total. The SMILES string of the molecule is NC(=O)c1ccc(CNCCc2cccnc2)c(Cl)c1. The van der Waals surface area contributed by atoms with Crippen molar-refractivity contribution in [1.29, 1.82) is 0 Å². The Morgan fingerprint density at radius 3 is 2.85 bits per heavy atom. The number of aromatic nitrogens is 1. The second-order valence-electron chi connectivity index (χ2n) is 4.46. The molecule has 1 aromatic heterocycles. The van der Waals surface area contributed by atoms with Gasteiger partial charge in [0.05, 0.1) is 0 Å². The molecule has 20 heavy (non-hydrogen) atoms. The van der Waals surface area contributed by atoms with Crippen LogP contribution in [0.5, 0.6) is 0 Å². The molecular formula is C15H16ClN3O. The van der Waals surface area contributed by atoms with Crippen LogP contribution in [0.25, 0.3) is 0 Å². The van der Waals surface area contributed by atoms with Crippen LogP contribution in [0.2, 0.25) is 5.02 Å². The van der Waals surface area contributed by atoms with E-state index < -0.39 is 5.91 Å². The Labute approximate surface area is 123 Å². The van der Waals surface area contributed by atoms with Gasteiger partial charge in [-0.15, -0.1) is 0 Å². The van der Waals surface area contributed by atoms with E-state index in [-0.39, 0.29) is 0 Å². The minimum Gasteiger partial charge on any atom is -0.366 e. The van der Waals surface area contributed by atoms with Crippen LogP contribution in [0.3, 0.4) is 0 Å². The number of primary amides is 1. The van der Waals surface area contributed by atoms with Crippen molar-refractivity contribution >= 4 is 17.5 Å². The molecule has 0 unspecified atom stereocenters. The van der Waals surface area contributed by atoms with Crippen molar-refractivity contribution in [1.82, 2.24) is 10.3 Å². The summed E-state index contributed by atoms with van der Waals surface area (Å²) in [6, 6.07) is 9.08. The summed E-state index contributed by atoms with van der Waals surface area (Å²) in [6.45, 7) is 1.48. The summed E-state index contributed by atoms with van der Waals surface area (Å²) in [5.74, 6) is -0.469. The van der Waals surface area contributed by atoms with E-state index >= 15 is 0 Å². The standard InChI is InChI=1S/C15H16ClN3O/c16-14-8-12(15(17)20)3-4-13(14)10-19-7-5-11-2-1-6-18-9-11/h1-4,6,8-9,19H,5,7,10H2,(H2,17,20). The molecule has 0 atom stereocenters. The second-order valence-corrected chi connectivity index (χ2v) is 4.87. The van der Waals surface area contributed by atoms with Crippen LogP contribution in [0.4, 0.5) is 0 Å². The Balaban J connectivity index is 1.84. The number of pyridine rings is 1. The predicted molar refractivity (Wildman–Crippen MR) is 79.6 cm³/mol. The maximum Gasteiger partial charge on any atom is 0.248 e. The van der Waals surface area contributed by atoms with Crippen molar-refractivity contribution in [2.45, 2.75) is 13.0 Å². The molecule has 104 valence electrons. The third-order valence-electron chi connectivity index (χ3n) is 2.97. The number of carbonyl (C=O) groups excluding carboxylic acids is 1. The second kappa shape index (κ2) is 7.03. The number of amides is 1. The summed E-state index contributed by atoms with van der Waals surface area (Å²) in [7, 11) is 0. The third-order valence-corrected chi connectivity index (χ3v) is 3.32. The molecule has 4 nitrogen and oxygen atoms in total. The maximum absolute atomic E-state index is 11.0. The Bertz CT molecular complexity index is 587. The minimum absolute atomic E-state index is 0.425. The average Bonchev–Trinajstić information content (AvgIpc) is 2.46. The molecule has 0 aliphatic rings. The van der Waals surface area contributed by atoms with Gasteiger partial charge in [-0.2, -0.15) is 0 Å². The Hall–Kier alpha value is -1.91. The minimum atomic E-state index is -0.469. The van der Waals surface area contributed by atoms with Crippen LogP contribution < -0.4 is 11.1 Å². The molecule has 0 saturated carbocycles. The number of nitrogens with two attached hydrogens (primary N) is 1. The van der Waals surface area contributed by atoms with Gasteiger partial charge in [-0.25, -0.2) is 0 Å². The van der Waals surface area contributed by atoms with Crippen molar-refractivity contribution in [2.24, 2.45) is 5.73 Å². The molecule has 0 radical (unpaired) electrons. The quantitative estimate of drug-likeness (QED) is 0.801. The molecular weight excluding hydrogens is 274 g/mol. The van der Waals surface area contributed by atoms with Gasteiger partial charge in [0.1, 0.15) is 0 Å². The average molecular weight is 290 g/mol. The van der Waals surface area contributed by atoms with Crippen LogP contribution in [0, 0.1) is 0 Å². The van der Waals surface area contributed by atoms with E-state index in [0.29, 0.717) is 17.1 Å². The van der Waals surface area contributed by atoms with Gasteiger partial charge in [0.15, 0.2) is 0 Å². The fourth-order valence-electron chi connectivity index (χ4n) is 1.85. The van der Waals surface area contributed by atoms with Gasteiger partial charge < -0.3 is 11.1 Å². The van der Waals surface area contributed by atoms with Crippen molar-refractivity contribution < 1.29 is 4.79 Å². The van der Waals surface area contributed by atoms with Gasteiger partial charge in [-0.05, 0) is 42.3 Å². The zero-order valence-corrected chi connectivity index (χ0v) is 11.7. The molecule has 0 spiro atoms. The fraction of sp³-hybridized carbons (Fsp3) is 0.200. The number of carbonyl (C=O) groups is 1. The normalized spacial score (nSPS) is 10.4. The Morgan fingerprint density at radius 1 is 1.35 bits per heavy atom. The zero-order valence-electron chi connectivity index (χ0n) is 11.0. The first-order valence-electron chi connectivity index (χ1n) is 6.34. The highest BCUT2D eigenvalue weighted by Crippen LogP contribution is 2.17. The lowest BCUT2D eigenvalue weighted by molar-refractivity contribution is 0.100. The van der Waals surface area contributed by atoms with Crippen molar-refractivity contribution in [2.75, 3.05) is 6.54 Å². The zero-order chi connectivity index (χ0) is 14.4. The summed E-state index contributed by atoms with van der Waals surface area (Å²) in [6.07, 6.45) is 4.53. The molecule has 2 rings (SSSR count). The largest absolute Gasteiger partial charge is 0.366 e.